The van der Waals surface area contributed by atoms with Gasteiger partial charge in [0.1, 0.15) is 6.42 Å². The topological polar surface area (TPSA) is 70.2 Å². The highest BCUT2D eigenvalue weighted by Gasteiger charge is 2.31. The lowest BCUT2D eigenvalue weighted by Gasteiger charge is -2.27. The molecule has 31 heavy (non-hydrogen) atoms. The molecule has 1 saturated carbocycles. The van der Waals surface area contributed by atoms with Gasteiger partial charge >= 0.3 is 12.2 Å². The van der Waals surface area contributed by atoms with Gasteiger partial charge in [0.25, 0.3) is 0 Å². The van der Waals surface area contributed by atoms with E-state index in [2.05, 4.69) is 22.9 Å². The number of halogens is 3. The molecule has 0 aromatic heterocycles. The summed E-state index contributed by atoms with van der Waals surface area (Å²) in [4.78, 5) is 24.3. The maximum atomic E-state index is 12.6. The molecule has 0 spiro atoms. The van der Waals surface area contributed by atoms with Gasteiger partial charge in [0.2, 0.25) is 5.91 Å². The molecule has 3 rings (SSSR count). The fraction of sp³-hybridized carbons (Fsp3) is 0.391. The number of carbonyl (C=O) groups is 2. The SMILES string of the molecule is CC1CCCC(NC(=O)Nc2cc(NC(=O)CC(F)(F)F)ccc2-c2ccccc2)C1. The summed E-state index contributed by atoms with van der Waals surface area (Å²) in [5.74, 6) is -0.613. The minimum Gasteiger partial charge on any atom is -0.335 e. The second-order valence-corrected chi connectivity index (χ2v) is 8.03. The minimum atomic E-state index is -4.59. The summed E-state index contributed by atoms with van der Waals surface area (Å²) < 4.78 is 37.4. The van der Waals surface area contributed by atoms with Crippen LogP contribution in [0.4, 0.5) is 29.3 Å². The van der Waals surface area contributed by atoms with Crippen LogP contribution in [-0.2, 0) is 4.79 Å². The first kappa shape index (κ1) is 22.7. The molecular formula is C23H26F3N3O2. The largest absolute Gasteiger partial charge is 0.397 e. The van der Waals surface area contributed by atoms with E-state index < -0.39 is 18.5 Å². The smallest absolute Gasteiger partial charge is 0.335 e. The van der Waals surface area contributed by atoms with Gasteiger partial charge in [0.05, 0.1) is 5.69 Å². The zero-order valence-corrected chi connectivity index (χ0v) is 17.3. The van der Waals surface area contributed by atoms with Gasteiger partial charge in [0.15, 0.2) is 0 Å². The average molecular weight is 433 g/mol. The van der Waals surface area contributed by atoms with Gasteiger partial charge < -0.3 is 16.0 Å². The lowest BCUT2D eigenvalue weighted by molar-refractivity contribution is -0.150. The Morgan fingerprint density at radius 3 is 2.45 bits per heavy atom. The van der Waals surface area contributed by atoms with Gasteiger partial charge in [-0.3, -0.25) is 4.79 Å². The van der Waals surface area contributed by atoms with Crippen molar-refractivity contribution in [2.75, 3.05) is 10.6 Å². The average Bonchev–Trinajstić information content (AvgIpc) is 2.67. The van der Waals surface area contributed by atoms with Gasteiger partial charge in [-0.25, -0.2) is 4.79 Å². The number of alkyl halides is 3. The molecule has 5 nitrogen and oxygen atoms in total. The standard InChI is InChI=1S/C23H26F3N3O2/c1-15-6-5-9-17(12-15)28-22(31)29-20-13-18(27-21(30)14-23(24,25)26)10-11-19(20)16-7-3-2-4-8-16/h2-4,7-8,10-11,13,15,17H,5-6,9,12,14H2,1H3,(H,27,30)(H2,28,29,31). The van der Waals surface area contributed by atoms with E-state index in [1.807, 2.05) is 30.3 Å². The molecule has 3 amide bonds. The van der Waals surface area contributed by atoms with Crippen molar-refractivity contribution in [3.8, 4) is 11.1 Å². The number of benzene rings is 2. The van der Waals surface area contributed by atoms with E-state index in [0.717, 1.165) is 31.2 Å². The second kappa shape index (κ2) is 9.85. The molecule has 2 unspecified atom stereocenters. The molecule has 0 aliphatic heterocycles. The molecule has 1 fully saturated rings. The summed E-state index contributed by atoms with van der Waals surface area (Å²) in [5.41, 5.74) is 2.10. The van der Waals surface area contributed by atoms with Crippen molar-refractivity contribution < 1.29 is 22.8 Å². The van der Waals surface area contributed by atoms with Gasteiger partial charge in [-0.05, 0) is 36.5 Å². The van der Waals surface area contributed by atoms with Crippen molar-refractivity contribution in [2.24, 2.45) is 5.92 Å². The van der Waals surface area contributed by atoms with Gasteiger partial charge in [-0.1, -0.05) is 56.2 Å². The lowest BCUT2D eigenvalue weighted by atomic mass is 9.87. The molecule has 1 aliphatic rings. The number of amides is 3. The predicted octanol–water partition coefficient (Wildman–Crippen LogP) is 5.94. The number of carbonyl (C=O) groups excluding carboxylic acids is 2. The van der Waals surface area contributed by atoms with E-state index >= 15 is 0 Å². The van der Waals surface area contributed by atoms with Gasteiger partial charge in [-0.2, -0.15) is 13.2 Å². The van der Waals surface area contributed by atoms with E-state index in [0.29, 0.717) is 17.2 Å². The Balaban J connectivity index is 1.79. The number of anilines is 2. The molecule has 0 heterocycles. The third-order valence-electron chi connectivity index (χ3n) is 5.27. The summed E-state index contributed by atoms with van der Waals surface area (Å²) in [6, 6.07) is 13.6. The van der Waals surface area contributed by atoms with Crippen LogP contribution in [0, 0.1) is 5.92 Å². The fourth-order valence-corrected chi connectivity index (χ4v) is 3.89. The van der Waals surface area contributed by atoms with Crippen LogP contribution in [-0.4, -0.2) is 24.2 Å². The molecule has 166 valence electrons. The Labute approximate surface area is 179 Å². The number of hydrogen-bond donors (Lipinski definition) is 3. The Hall–Kier alpha value is -3.03. The van der Waals surface area contributed by atoms with Crippen LogP contribution in [0.3, 0.4) is 0 Å². The molecule has 0 saturated heterocycles. The molecule has 8 heteroatoms. The van der Waals surface area contributed by atoms with Crippen molar-refractivity contribution in [1.29, 1.82) is 0 Å². The van der Waals surface area contributed by atoms with Gasteiger partial charge in [0, 0.05) is 17.3 Å². The highest BCUT2D eigenvalue weighted by atomic mass is 19.4. The normalized spacial score (nSPS) is 18.8. The Bertz CT molecular complexity index is 916. The van der Waals surface area contributed by atoms with Crippen molar-refractivity contribution in [2.45, 2.75) is 51.2 Å². The molecule has 3 N–H and O–H groups in total. The van der Waals surface area contributed by atoms with E-state index in [1.165, 1.54) is 12.1 Å². The van der Waals surface area contributed by atoms with Crippen LogP contribution >= 0.6 is 0 Å². The molecule has 2 atom stereocenters. The first-order chi connectivity index (χ1) is 14.7. The summed E-state index contributed by atoms with van der Waals surface area (Å²) >= 11 is 0. The van der Waals surface area contributed by atoms with Crippen LogP contribution in [0.25, 0.3) is 11.1 Å². The van der Waals surface area contributed by atoms with E-state index in [4.69, 9.17) is 0 Å². The number of hydrogen-bond acceptors (Lipinski definition) is 2. The third kappa shape index (κ3) is 7.01. The van der Waals surface area contributed by atoms with Gasteiger partial charge in [-0.15, -0.1) is 0 Å². The third-order valence-corrected chi connectivity index (χ3v) is 5.27. The first-order valence-corrected chi connectivity index (χ1v) is 10.3. The van der Waals surface area contributed by atoms with Crippen molar-refractivity contribution in [3.05, 3.63) is 48.5 Å². The fourth-order valence-electron chi connectivity index (χ4n) is 3.89. The van der Waals surface area contributed by atoms with Crippen molar-refractivity contribution in [3.63, 3.8) is 0 Å². The maximum absolute atomic E-state index is 12.6. The molecular weight excluding hydrogens is 407 g/mol. The number of rotatable bonds is 5. The van der Waals surface area contributed by atoms with Crippen LogP contribution in [0.15, 0.2) is 48.5 Å². The van der Waals surface area contributed by atoms with Crippen LogP contribution in [0.1, 0.15) is 39.0 Å². The zero-order chi connectivity index (χ0) is 22.4. The molecule has 0 radical (unpaired) electrons. The Morgan fingerprint density at radius 1 is 1.03 bits per heavy atom. The molecule has 2 aromatic carbocycles. The number of nitrogens with one attached hydrogen (secondary N) is 3. The highest BCUT2D eigenvalue weighted by Crippen LogP contribution is 2.31. The minimum absolute atomic E-state index is 0.0820. The van der Waals surface area contributed by atoms with Crippen LogP contribution in [0.2, 0.25) is 0 Å². The van der Waals surface area contributed by atoms with Crippen LogP contribution in [0.5, 0.6) is 0 Å². The van der Waals surface area contributed by atoms with E-state index in [9.17, 15) is 22.8 Å². The zero-order valence-electron chi connectivity index (χ0n) is 17.3. The van der Waals surface area contributed by atoms with Crippen LogP contribution < -0.4 is 16.0 Å². The predicted molar refractivity (Wildman–Crippen MR) is 115 cm³/mol. The van der Waals surface area contributed by atoms with E-state index in [1.54, 1.807) is 6.07 Å². The Morgan fingerprint density at radius 2 is 1.77 bits per heavy atom. The molecule has 1 aliphatic carbocycles. The quantitative estimate of drug-likeness (QED) is 0.546. The first-order valence-electron chi connectivity index (χ1n) is 10.3. The maximum Gasteiger partial charge on any atom is 0.397 e. The monoisotopic (exact) mass is 433 g/mol. The Kier molecular flexibility index (Phi) is 7.20. The highest BCUT2D eigenvalue weighted by molar-refractivity contribution is 5.98. The summed E-state index contributed by atoms with van der Waals surface area (Å²) in [6.07, 6.45) is -2.13. The molecule has 2 aromatic rings. The van der Waals surface area contributed by atoms with Crippen molar-refractivity contribution in [1.82, 2.24) is 5.32 Å². The molecule has 0 bridgehead atoms. The lowest BCUT2D eigenvalue weighted by Crippen LogP contribution is -2.40. The summed E-state index contributed by atoms with van der Waals surface area (Å²) in [6.45, 7) is 2.16. The van der Waals surface area contributed by atoms with Crippen molar-refractivity contribution >= 4 is 23.3 Å². The summed E-state index contributed by atoms with van der Waals surface area (Å²) in [5, 5.41) is 8.04. The van der Waals surface area contributed by atoms with E-state index in [-0.39, 0.29) is 17.8 Å². The number of urea groups is 1. The second-order valence-electron chi connectivity index (χ2n) is 8.03. The summed E-state index contributed by atoms with van der Waals surface area (Å²) in [7, 11) is 0.